The highest BCUT2D eigenvalue weighted by molar-refractivity contribution is 9.10. The number of rotatable bonds is 10. The Morgan fingerprint density at radius 2 is 2.21 bits per heavy atom. The Balaban J connectivity index is 1.82. The van der Waals surface area contributed by atoms with Crippen LogP contribution in [0.3, 0.4) is 0 Å². The summed E-state index contributed by atoms with van der Waals surface area (Å²) in [6.45, 7) is 4.54. The second kappa shape index (κ2) is 9.89. The number of benzene rings is 1. The number of amides is 1. The van der Waals surface area contributed by atoms with Crippen molar-refractivity contribution in [2.45, 2.75) is 37.9 Å². The summed E-state index contributed by atoms with van der Waals surface area (Å²) in [5.74, 6) is 1.06. The fraction of sp³-hybridized carbons (Fsp3) is 0.550. The molecular formula is C20H26BrN3O3S. The van der Waals surface area contributed by atoms with Gasteiger partial charge in [-0.3, -0.25) is 14.2 Å². The van der Waals surface area contributed by atoms with Crippen molar-refractivity contribution >= 4 is 44.5 Å². The van der Waals surface area contributed by atoms with E-state index in [2.05, 4.69) is 27.8 Å². The number of methoxy groups -OCH3 is 1. The highest BCUT2D eigenvalue weighted by atomic mass is 79.9. The van der Waals surface area contributed by atoms with Gasteiger partial charge in [0.25, 0.3) is 5.56 Å². The van der Waals surface area contributed by atoms with Crippen LogP contribution in [0.2, 0.25) is 0 Å². The zero-order valence-corrected chi connectivity index (χ0v) is 18.7. The summed E-state index contributed by atoms with van der Waals surface area (Å²) < 4.78 is 7.61. The van der Waals surface area contributed by atoms with E-state index in [0.717, 1.165) is 24.0 Å². The molecule has 1 aliphatic rings. The van der Waals surface area contributed by atoms with Crippen molar-refractivity contribution in [3.63, 3.8) is 0 Å². The van der Waals surface area contributed by atoms with Gasteiger partial charge in [-0.1, -0.05) is 34.6 Å². The molecule has 152 valence electrons. The van der Waals surface area contributed by atoms with Gasteiger partial charge in [0.05, 0.1) is 29.8 Å². The summed E-state index contributed by atoms with van der Waals surface area (Å²) in [4.78, 5) is 32.3. The van der Waals surface area contributed by atoms with Gasteiger partial charge in [0.15, 0.2) is 5.16 Å². The highest BCUT2D eigenvalue weighted by Gasteiger charge is 2.26. The smallest absolute Gasteiger partial charge is 0.262 e. The standard InChI is InChI=1S/C20H26BrN3O3S/c1-3-8-23(12-14-4-5-14)18(25)13-28-20-22-17-7-6-15(21)11-16(17)19(26)24(20)9-10-27-2/h6-7,11,14H,3-5,8-10,12-13H2,1-2H3. The Morgan fingerprint density at radius 1 is 1.43 bits per heavy atom. The van der Waals surface area contributed by atoms with Crippen LogP contribution >= 0.6 is 27.7 Å². The first-order valence-corrected chi connectivity index (χ1v) is 11.4. The fourth-order valence-electron chi connectivity index (χ4n) is 3.08. The maximum atomic E-state index is 13.0. The fourth-order valence-corrected chi connectivity index (χ4v) is 4.37. The normalized spacial score (nSPS) is 13.8. The molecule has 3 rings (SSSR count). The second-order valence-electron chi connectivity index (χ2n) is 7.08. The topological polar surface area (TPSA) is 64.4 Å². The first-order chi connectivity index (χ1) is 13.5. The van der Waals surface area contributed by atoms with E-state index in [-0.39, 0.29) is 17.2 Å². The van der Waals surface area contributed by atoms with Crippen LogP contribution in [-0.2, 0) is 16.1 Å². The summed E-state index contributed by atoms with van der Waals surface area (Å²) in [7, 11) is 1.60. The molecule has 0 aliphatic heterocycles. The minimum atomic E-state index is -0.110. The summed E-state index contributed by atoms with van der Waals surface area (Å²) in [6, 6.07) is 5.47. The zero-order valence-electron chi connectivity index (χ0n) is 16.3. The van der Waals surface area contributed by atoms with E-state index in [4.69, 9.17) is 4.74 Å². The first kappa shape index (κ1) is 21.3. The minimum Gasteiger partial charge on any atom is -0.383 e. The van der Waals surface area contributed by atoms with Crippen molar-refractivity contribution in [1.82, 2.24) is 14.5 Å². The largest absolute Gasteiger partial charge is 0.383 e. The second-order valence-corrected chi connectivity index (χ2v) is 8.94. The molecule has 0 radical (unpaired) electrons. The molecule has 0 bridgehead atoms. The van der Waals surface area contributed by atoms with Crippen molar-refractivity contribution < 1.29 is 9.53 Å². The summed E-state index contributed by atoms with van der Waals surface area (Å²) >= 11 is 4.75. The lowest BCUT2D eigenvalue weighted by atomic mass is 10.2. The lowest BCUT2D eigenvalue weighted by Crippen LogP contribution is -2.35. The summed E-state index contributed by atoms with van der Waals surface area (Å²) in [6.07, 6.45) is 3.39. The molecule has 1 amide bonds. The molecule has 0 unspecified atom stereocenters. The number of nitrogens with zero attached hydrogens (tertiary/aromatic N) is 3. The van der Waals surface area contributed by atoms with Crippen LogP contribution in [0.4, 0.5) is 0 Å². The molecule has 1 aromatic carbocycles. The van der Waals surface area contributed by atoms with Gasteiger partial charge in [0.2, 0.25) is 5.91 Å². The lowest BCUT2D eigenvalue weighted by molar-refractivity contribution is -0.128. The average molecular weight is 468 g/mol. The molecule has 1 saturated carbocycles. The third-order valence-electron chi connectivity index (χ3n) is 4.75. The van der Waals surface area contributed by atoms with E-state index in [1.807, 2.05) is 17.0 Å². The Kier molecular flexibility index (Phi) is 7.54. The van der Waals surface area contributed by atoms with E-state index in [0.29, 0.717) is 35.1 Å². The molecule has 0 N–H and O–H groups in total. The van der Waals surface area contributed by atoms with Gasteiger partial charge in [-0.05, 0) is 43.4 Å². The van der Waals surface area contributed by atoms with Crippen LogP contribution in [0.15, 0.2) is 32.6 Å². The van der Waals surface area contributed by atoms with Gasteiger partial charge >= 0.3 is 0 Å². The lowest BCUT2D eigenvalue weighted by Gasteiger charge is -2.22. The molecule has 8 heteroatoms. The van der Waals surface area contributed by atoms with Gasteiger partial charge in [0.1, 0.15) is 0 Å². The summed E-state index contributed by atoms with van der Waals surface area (Å²) in [5.41, 5.74) is 0.530. The Hall–Kier alpha value is -1.38. The van der Waals surface area contributed by atoms with Crippen molar-refractivity contribution in [3.8, 4) is 0 Å². The van der Waals surface area contributed by atoms with Gasteiger partial charge in [-0.2, -0.15) is 0 Å². The van der Waals surface area contributed by atoms with Gasteiger partial charge in [0, 0.05) is 24.7 Å². The number of halogens is 1. The molecule has 28 heavy (non-hydrogen) atoms. The number of hydrogen-bond acceptors (Lipinski definition) is 5. The van der Waals surface area contributed by atoms with Gasteiger partial charge in [-0.25, -0.2) is 4.98 Å². The molecule has 1 aliphatic carbocycles. The molecule has 1 aromatic heterocycles. The minimum absolute atomic E-state index is 0.110. The number of ether oxygens (including phenoxy) is 1. The van der Waals surface area contributed by atoms with Crippen molar-refractivity contribution in [3.05, 3.63) is 33.0 Å². The Bertz CT molecular complexity index is 898. The third-order valence-corrected chi connectivity index (χ3v) is 6.20. The average Bonchev–Trinajstić information content (AvgIpc) is 3.50. The molecule has 0 spiro atoms. The monoisotopic (exact) mass is 467 g/mol. The van der Waals surface area contributed by atoms with Crippen molar-refractivity contribution in [2.75, 3.05) is 32.6 Å². The van der Waals surface area contributed by atoms with Gasteiger partial charge < -0.3 is 9.64 Å². The molecule has 1 heterocycles. The van der Waals surface area contributed by atoms with Crippen molar-refractivity contribution in [1.29, 1.82) is 0 Å². The molecule has 0 atom stereocenters. The van der Waals surface area contributed by atoms with E-state index < -0.39 is 0 Å². The maximum Gasteiger partial charge on any atom is 0.262 e. The van der Waals surface area contributed by atoms with E-state index in [9.17, 15) is 9.59 Å². The van der Waals surface area contributed by atoms with Crippen LogP contribution in [-0.4, -0.2) is 52.9 Å². The van der Waals surface area contributed by atoms with Crippen LogP contribution < -0.4 is 5.56 Å². The quantitative estimate of drug-likeness (QED) is 0.394. The van der Waals surface area contributed by atoms with Crippen molar-refractivity contribution in [2.24, 2.45) is 5.92 Å². The molecule has 2 aromatic rings. The van der Waals surface area contributed by atoms with Crippen LogP contribution in [0.25, 0.3) is 10.9 Å². The Morgan fingerprint density at radius 3 is 2.89 bits per heavy atom. The number of thioether (sulfide) groups is 1. The first-order valence-electron chi connectivity index (χ1n) is 9.63. The third kappa shape index (κ3) is 5.36. The van der Waals surface area contributed by atoms with Gasteiger partial charge in [-0.15, -0.1) is 0 Å². The SMILES string of the molecule is CCCN(CC1CC1)C(=O)CSc1nc2ccc(Br)cc2c(=O)n1CCOC. The van der Waals surface area contributed by atoms with E-state index >= 15 is 0 Å². The molecular weight excluding hydrogens is 442 g/mol. The molecule has 0 saturated heterocycles. The Labute approximate surface area is 177 Å². The molecule has 6 nitrogen and oxygen atoms in total. The predicted octanol–water partition coefficient (Wildman–Crippen LogP) is 3.55. The number of carbonyl (C=O) groups is 1. The molecule has 1 fully saturated rings. The van der Waals surface area contributed by atoms with Crippen LogP contribution in [0.5, 0.6) is 0 Å². The number of hydrogen-bond donors (Lipinski definition) is 0. The van der Waals surface area contributed by atoms with E-state index in [1.165, 1.54) is 24.6 Å². The number of aromatic nitrogens is 2. The number of carbonyl (C=O) groups excluding carboxylic acids is 1. The van der Waals surface area contributed by atoms with E-state index in [1.54, 1.807) is 17.7 Å². The maximum absolute atomic E-state index is 13.0. The zero-order chi connectivity index (χ0) is 20.1. The van der Waals surface area contributed by atoms with Crippen LogP contribution in [0.1, 0.15) is 26.2 Å². The highest BCUT2D eigenvalue weighted by Crippen LogP contribution is 2.30. The predicted molar refractivity (Wildman–Crippen MR) is 116 cm³/mol. The van der Waals surface area contributed by atoms with Crippen LogP contribution in [0, 0.1) is 5.92 Å². The number of fused-ring (bicyclic) bond motifs is 1. The summed E-state index contributed by atoms with van der Waals surface area (Å²) in [5, 5.41) is 1.12.